The molecule has 0 radical (unpaired) electrons. The van der Waals surface area contributed by atoms with Crippen molar-refractivity contribution in [1.29, 1.82) is 0 Å². The lowest BCUT2D eigenvalue weighted by Crippen LogP contribution is -2.18. The summed E-state index contributed by atoms with van der Waals surface area (Å²) in [4.78, 5) is 0. The molecule has 90 valence electrons. The highest BCUT2D eigenvalue weighted by molar-refractivity contribution is 5.44. The second kappa shape index (κ2) is 4.13. The second-order valence-corrected chi connectivity index (χ2v) is 5.05. The quantitative estimate of drug-likeness (QED) is 0.789. The Morgan fingerprint density at radius 2 is 2.06 bits per heavy atom. The molecular formula is C14H15F2N. The van der Waals surface area contributed by atoms with E-state index in [9.17, 15) is 8.78 Å². The van der Waals surface area contributed by atoms with Crippen LogP contribution in [-0.4, -0.2) is 6.54 Å². The number of allylic oxidation sites excluding steroid dienone is 2. The SMILES string of the molecule is Fc1ccc(NCC2CC3C=CC2C3)c(F)c1. The maximum Gasteiger partial charge on any atom is 0.149 e. The fraction of sp³-hybridized carbons (Fsp3) is 0.429. The average Bonchev–Trinajstić information content (AvgIpc) is 2.89. The van der Waals surface area contributed by atoms with Crippen LogP contribution in [0.3, 0.4) is 0 Å². The molecule has 0 aromatic heterocycles. The van der Waals surface area contributed by atoms with Gasteiger partial charge in [0.1, 0.15) is 11.6 Å². The summed E-state index contributed by atoms with van der Waals surface area (Å²) in [5, 5.41) is 3.09. The van der Waals surface area contributed by atoms with Gasteiger partial charge in [-0.05, 0) is 42.7 Å². The fourth-order valence-electron chi connectivity index (χ4n) is 3.00. The van der Waals surface area contributed by atoms with Crippen LogP contribution in [0.2, 0.25) is 0 Å². The Morgan fingerprint density at radius 3 is 2.71 bits per heavy atom. The van der Waals surface area contributed by atoms with E-state index in [1.54, 1.807) is 0 Å². The molecule has 1 fully saturated rings. The van der Waals surface area contributed by atoms with Crippen LogP contribution in [0.15, 0.2) is 30.4 Å². The molecule has 1 nitrogen and oxygen atoms in total. The van der Waals surface area contributed by atoms with E-state index in [2.05, 4.69) is 17.5 Å². The van der Waals surface area contributed by atoms with Gasteiger partial charge in [-0.1, -0.05) is 12.2 Å². The standard InChI is InChI=1S/C14H15F2N/c15-12-3-4-14(13(16)7-12)17-8-11-6-9-1-2-10(11)5-9/h1-4,7,9-11,17H,5-6,8H2. The Balaban J connectivity index is 1.62. The zero-order valence-corrected chi connectivity index (χ0v) is 9.50. The Bertz CT molecular complexity index is 456. The van der Waals surface area contributed by atoms with E-state index < -0.39 is 11.6 Å². The van der Waals surface area contributed by atoms with Crippen LogP contribution in [0.25, 0.3) is 0 Å². The maximum absolute atomic E-state index is 13.4. The molecule has 1 N–H and O–H groups in total. The smallest absolute Gasteiger partial charge is 0.149 e. The van der Waals surface area contributed by atoms with Crippen LogP contribution in [0, 0.1) is 29.4 Å². The Morgan fingerprint density at radius 1 is 1.18 bits per heavy atom. The zero-order chi connectivity index (χ0) is 11.8. The number of anilines is 1. The molecule has 2 bridgehead atoms. The minimum atomic E-state index is -0.532. The minimum Gasteiger partial charge on any atom is -0.382 e. The zero-order valence-electron chi connectivity index (χ0n) is 9.50. The van der Waals surface area contributed by atoms with Crippen molar-refractivity contribution in [3.05, 3.63) is 42.0 Å². The second-order valence-electron chi connectivity index (χ2n) is 5.05. The highest BCUT2D eigenvalue weighted by Crippen LogP contribution is 2.43. The van der Waals surface area contributed by atoms with Crippen molar-refractivity contribution in [3.63, 3.8) is 0 Å². The molecule has 17 heavy (non-hydrogen) atoms. The summed E-state index contributed by atoms with van der Waals surface area (Å²) < 4.78 is 26.1. The van der Waals surface area contributed by atoms with Crippen LogP contribution in [0.4, 0.5) is 14.5 Å². The van der Waals surface area contributed by atoms with E-state index in [4.69, 9.17) is 0 Å². The topological polar surface area (TPSA) is 12.0 Å². The number of hydrogen-bond donors (Lipinski definition) is 1. The van der Waals surface area contributed by atoms with Crippen molar-refractivity contribution in [1.82, 2.24) is 0 Å². The van der Waals surface area contributed by atoms with Gasteiger partial charge in [-0.3, -0.25) is 0 Å². The van der Waals surface area contributed by atoms with Crippen molar-refractivity contribution < 1.29 is 8.78 Å². The van der Waals surface area contributed by atoms with Gasteiger partial charge in [-0.15, -0.1) is 0 Å². The van der Waals surface area contributed by atoms with Gasteiger partial charge in [0.05, 0.1) is 5.69 Å². The third-order valence-corrected chi connectivity index (χ3v) is 3.90. The van der Waals surface area contributed by atoms with Gasteiger partial charge in [0.15, 0.2) is 0 Å². The molecule has 0 heterocycles. The van der Waals surface area contributed by atoms with Crippen molar-refractivity contribution in [2.75, 3.05) is 11.9 Å². The summed E-state index contributed by atoms with van der Waals surface area (Å²) >= 11 is 0. The van der Waals surface area contributed by atoms with E-state index in [0.29, 0.717) is 17.5 Å². The lowest BCUT2D eigenvalue weighted by molar-refractivity contribution is 0.470. The number of halogens is 2. The molecule has 0 saturated heterocycles. The molecule has 3 heteroatoms. The molecule has 1 aromatic rings. The Kier molecular flexibility index (Phi) is 2.61. The first-order chi connectivity index (χ1) is 8.22. The normalized spacial score (nSPS) is 29.9. The van der Waals surface area contributed by atoms with Crippen molar-refractivity contribution in [2.24, 2.45) is 17.8 Å². The molecule has 0 spiro atoms. The van der Waals surface area contributed by atoms with Crippen LogP contribution >= 0.6 is 0 Å². The summed E-state index contributed by atoms with van der Waals surface area (Å²) in [6, 6.07) is 3.67. The van der Waals surface area contributed by atoms with Crippen LogP contribution < -0.4 is 5.32 Å². The number of fused-ring (bicyclic) bond motifs is 2. The number of hydrogen-bond acceptors (Lipinski definition) is 1. The summed E-state index contributed by atoms with van der Waals surface area (Å²) in [5.41, 5.74) is 0.401. The molecule has 1 aromatic carbocycles. The van der Waals surface area contributed by atoms with Gasteiger partial charge < -0.3 is 5.32 Å². The van der Waals surface area contributed by atoms with E-state index in [0.717, 1.165) is 18.5 Å². The first-order valence-corrected chi connectivity index (χ1v) is 6.09. The Hall–Kier alpha value is -1.38. The summed E-state index contributed by atoms with van der Waals surface area (Å²) in [5.74, 6) is 0.926. The summed E-state index contributed by atoms with van der Waals surface area (Å²) in [6.07, 6.45) is 7.01. The molecule has 1 saturated carbocycles. The average molecular weight is 235 g/mol. The molecular weight excluding hydrogens is 220 g/mol. The predicted octanol–water partition coefficient (Wildman–Crippen LogP) is 3.59. The first kappa shape index (κ1) is 10.8. The molecule has 2 aliphatic rings. The van der Waals surface area contributed by atoms with Gasteiger partial charge in [0.2, 0.25) is 0 Å². The highest BCUT2D eigenvalue weighted by Gasteiger charge is 2.35. The largest absolute Gasteiger partial charge is 0.382 e. The number of benzene rings is 1. The summed E-state index contributed by atoms with van der Waals surface area (Å²) in [6.45, 7) is 0.772. The van der Waals surface area contributed by atoms with Crippen LogP contribution in [0.1, 0.15) is 12.8 Å². The molecule has 3 rings (SSSR count). The third-order valence-electron chi connectivity index (χ3n) is 3.90. The van der Waals surface area contributed by atoms with E-state index in [1.165, 1.54) is 25.0 Å². The van der Waals surface area contributed by atoms with Gasteiger partial charge in [0, 0.05) is 12.6 Å². The first-order valence-electron chi connectivity index (χ1n) is 6.09. The minimum absolute atomic E-state index is 0.401. The Labute approximate surface area is 99.5 Å². The number of nitrogens with one attached hydrogen (secondary N) is 1. The van der Waals surface area contributed by atoms with Crippen molar-refractivity contribution in [2.45, 2.75) is 12.8 Å². The molecule has 3 unspecified atom stereocenters. The predicted molar refractivity (Wildman–Crippen MR) is 63.7 cm³/mol. The molecule has 0 aliphatic heterocycles. The van der Waals surface area contributed by atoms with Crippen LogP contribution in [-0.2, 0) is 0 Å². The summed E-state index contributed by atoms with van der Waals surface area (Å²) in [7, 11) is 0. The monoisotopic (exact) mass is 235 g/mol. The molecule has 2 aliphatic carbocycles. The number of rotatable bonds is 3. The third kappa shape index (κ3) is 2.06. The molecule has 3 atom stereocenters. The fourth-order valence-corrected chi connectivity index (χ4v) is 3.00. The van der Waals surface area contributed by atoms with Crippen molar-refractivity contribution >= 4 is 5.69 Å². The highest BCUT2D eigenvalue weighted by atomic mass is 19.1. The maximum atomic E-state index is 13.4. The lowest BCUT2D eigenvalue weighted by atomic mass is 9.93. The van der Waals surface area contributed by atoms with Gasteiger partial charge in [-0.25, -0.2) is 8.78 Å². The van der Waals surface area contributed by atoms with Gasteiger partial charge in [-0.2, -0.15) is 0 Å². The van der Waals surface area contributed by atoms with E-state index in [1.807, 2.05) is 0 Å². The van der Waals surface area contributed by atoms with Gasteiger partial charge >= 0.3 is 0 Å². The van der Waals surface area contributed by atoms with Crippen molar-refractivity contribution in [3.8, 4) is 0 Å². The van der Waals surface area contributed by atoms with E-state index >= 15 is 0 Å². The molecule has 0 amide bonds. The van der Waals surface area contributed by atoms with E-state index in [-0.39, 0.29) is 0 Å². The van der Waals surface area contributed by atoms with Crippen LogP contribution in [0.5, 0.6) is 0 Å². The lowest BCUT2D eigenvalue weighted by Gasteiger charge is -2.19. The van der Waals surface area contributed by atoms with Gasteiger partial charge in [0.25, 0.3) is 0 Å².